The zero-order chi connectivity index (χ0) is 26.2. The van der Waals surface area contributed by atoms with E-state index in [0.29, 0.717) is 30.0 Å². The number of piperazine rings is 1. The average molecular weight is 497 g/mol. The largest absolute Gasteiger partial charge is 0.382 e. The topological polar surface area (TPSA) is 95.3 Å². The molecule has 10 heteroatoms. The summed E-state index contributed by atoms with van der Waals surface area (Å²) in [5.74, 6) is -1.25. The lowest BCUT2D eigenvalue weighted by Gasteiger charge is -2.44. The highest BCUT2D eigenvalue weighted by molar-refractivity contribution is 5.96. The predicted molar refractivity (Wildman–Crippen MR) is 130 cm³/mol. The molecule has 4 heterocycles. The SMILES string of the molecule is Cc1cnc(-c2ccnc(C(C)(C)O)n2)cc1C(=O)N1C[C@H](C)N(Cc2ncc(F)cc2F)C[C@H]1C. The van der Waals surface area contributed by atoms with Gasteiger partial charge < -0.3 is 10.0 Å². The first-order valence-electron chi connectivity index (χ1n) is 11.8. The third kappa shape index (κ3) is 5.39. The number of aromatic nitrogens is 4. The normalized spacial score (nSPS) is 18.9. The lowest BCUT2D eigenvalue weighted by Crippen LogP contribution is -2.57. The number of pyridine rings is 2. The Morgan fingerprint density at radius 2 is 1.83 bits per heavy atom. The first-order valence-corrected chi connectivity index (χ1v) is 11.8. The van der Waals surface area contributed by atoms with Crippen molar-refractivity contribution in [2.45, 2.75) is 58.8 Å². The van der Waals surface area contributed by atoms with Gasteiger partial charge in [-0.15, -0.1) is 0 Å². The Labute approximate surface area is 209 Å². The van der Waals surface area contributed by atoms with E-state index in [9.17, 15) is 18.7 Å². The summed E-state index contributed by atoms with van der Waals surface area (Å²) in [4.78, 5) is 34.4. The third-order valence-electron chi connectivity index (χ3n) is 6.41. The smallest absolute Gasteiger partial charge is 0.254 e. The third-order valence-corrected chi connectivity index (χ3v) is 6.41. The highest BCUT2D eigenvalue weighted by Gasteiger charge is 2.33. The second-order valence-electron chi connectivity index (χ2n) is 9.88. The fourth-order valence-corrected chi connectivity index (χ4v) is 4.30. The van der Waals surface area contributed by atoms with E-state index in [2.05, 4.69) is 19.9 Å². The number of carbonyl (C=O) groups is 1. The predicted octanol–water partition coefficient (Wildman–Crippen LogP) is 3.48. The molecule has 1 aliphatic heterocycles. The Morgan fingerprint density at radius 3 is 2.53 bits per heavy atom. The van der Waals surface area contributed by atoms with E-state index in [1.54, 1.807) is 38.4 Å². The molecule has 1 N–H and O–H groups in total. The standard InChI is InChI=1S/C26H30F2N6O2/c1-15-10-30-22(21-6-7-29-25(32-21)26(4,5)36)9-19(15)24(35)34-13-16(2)33(12-17(34)3)14-23-20(28)8-18(27)11-31-23/h6-11,16-17,36H,12-14H2,1-5H3/t16-,17+/m0/s1. The molecule has 8 nitrogen and oxygen atoms in total. The van der Waals surface area contributed by atoms with Gasteiger partial charge >= 0.3 is 0 Å². The quantitative estimate of drug-likeness (QED) is 0.578. The molecular formula is C26H30F2N6O2. The molecule has 0 radical (unpaired) electrons. The number of amides is 1. The molecular weight excluding hydrogens is 466 g/mol. The molecule has 0 bridgehead atoms. The highest BCUT2D eigenvalue weighted by Crippen LogP contribution is 2.25. The van der Waals surface area contributed by atoms with Crippen LogP contribution < -0.4 is 0 Å². The van der Waals surface area contributed by atoms with Crippen LogP contribution in [0.15, 0.2) is 36.8 Å². The number of carbonyl (C=O) groups excluding carboxylic acids is 1. The summed E-state index contributed by atoms with van der Waals surface area (Å²) in [7, 11) is 0. The van der Waals surface area contributed by atoms with Crippen LogP contribution in [0.3, 0.4) is 0 Å². The first kappa shape index (κ1) is 25.7. The molecule has 190 valence electrons. The molecule has 0 unspecified atom stereocenters. The first-order chi connectivity index (χ1) is 16.9. The number of hydrogen-bond donors (Lipinski definition) is 1. The summed E-state index contributed by atoms with van der Waals surface area (Å²) in [6.45, 7) is 10.1. The summed E-state index contributed by atoms with van der Waals surface area (Å²) < 4.78 is 27.4. The molecule has 2 atom stereocenters. The van der Waals surface area contributed by atoms with Gasteiger partial charge in [0, 0.05) is 55.7 Å². The summed E-state index contributed by atoms with van der Waals surface area (Å²) >= 11 is 0. The van der Waals surface area contributed by atoms with Crippen LogP contribution in [0.1, 0.15) is 55.1 Å². The van der Waals surface area contributed by atoms with Crippen molar-refractivity contribution < 1.29 is 18.7 Å². The van der Waals surface area contributed by atoms with Crippen LogP contribution >= 0.6 is 0 Å². The molecule has 1 saturated heterocycles. The molecule has 0 spiro atoms. The summed E-state index contributed by atoms with van der Waals surface area (Å²) in [6.07, 6.45) is 4.21. The molecule has 0 aromatic carbocycles. The Balaban J connectivity index is 1.55. The van der Waals surface area contributed by atoms with Gasteiger partial charge in [0.1, 0.15) is 17.2 Å². The maximum atomic E-state index is 14.1. The molecule has 0 aliphatic carbocycles. The Bertz CT molecular complexity index is 1280. The molecule has 1 fully saturated rings. The van der Waals surface area contributed by atoms with E-state index in [-0.39, 0.29) is 36.1 Å². The van der Waals surface area contributed by atoms with Crippen molar-refractivity contribution in [1.82, 2.24) is 29.7 Å². The fraction of sp³-hybridized carbons (Fsp3) is 0.423. The number of hydrogen-bond acceptors (Lipinski definition) is 7. The van der Waals surface area contributed by atoms with E-state index in [0.717, 1.165) is 17.8 Å². The number of rotatable bonds is 5. The van der Waals surface area contributed by atoms with E-state index in [1.807, 2.05) is 30.6 Å². The number of nitrogens with zero attached hydrogens (tertiary/aromatic N) is 6. The second kappa shape index (κ2) is 9.94. The van der Waals surface area contributed by atoms with Crippen molar-refractivity contribution in [3.63, 3.8) is 0 Å². The molecule has 0 saturated carbocycles. The summed E-state index contributed by atoms with van der Waals surface area (Å²) in [5, 5.41) is 10.3. The number of halogens is 2. The van der Waals surface area contributed by atoms with Crippen molar-refractivity contribution in [2.75, 3.05) is 13.1 Å². The van der Waals surface area contributed by atoms with Crippen molar-refractivity contribution in [1.29, 1.82) is 0 Å². The lowest BCUT2D eigenvalue weighted by atomic mass is 10.0. The lowest BCUT2D eigenvalue weighted by molar-refractivity contribution is 0.0282. The van der Waals surface area contributed by atoms with Gasteiger partial charge in [0.25, 0.3) is 5.91 Å². The van der Waals surface area contributed by atoms with Crippen LogP contribution in [0.5, 0.6) is 0 Å². The molecule has 3 aromatic heterocycles. The van der Waals surface area contributed by atoms with Gasteiger partial charge in [-0.05, 0) is 52.3 Å². The Morgan fingerprint density at radius 1 is 1.08 bits per heavy atom. The Hall–Kier alpha value is -3.37. The number of aryl methyl sites for hydroxylation is 1. The van der Waals surface area contributed by atoms with Gasteiger partial charge in [-0.1, -0.05) is 0 Å². The van der Waals surface area contributed by atoms with Gasteiger partial charge in [0.05, 0.1) is 23.3 Å². The maximum absolute atomic E-state index is 14.1. The highest BCUT2D eigenvalue weighted by atomic mass is 19.1. The van der Waals surface area contributed by atoms with Crippen molar-refractivity contribution >= 4 is 5.91 Å². The fourth-order valence-electron chi connectivity index (χ4n) is 4.30. The van der Waals surface area contributed by atoms with Gasteiger partial charge in [0.2, 0.25) is 0 Å². The molecule has 1 amide bonds. The monoisotopic (exact) mass is 496 g/mol. The van der Waals surface area contributed by atoms with Gasteiger partial charge in [-0.2, -0.15) is 0 Å². The summed E-state index contributed by atoms with van der Waals surface area (Å²) in [6, 6.07) is 4.04. The zero-order valence-electron chi connectivity index (χ0n) is 21.0. The van der Waals surface area contributed by atoms with Gasteiger partial charge in [-0.3, -0.25) is 19.7 Å². The van der Waals surface area contributed by atoms with Crippen molar-refractivity contribution in [3.05, 3.63) is 71.1 Å². The van der Waals surface area contributed by atoms with E-state index < -0.39 is 17.2 Å². The minimum absolute atomic E-state index is 0.0609. The van der Waals surface area contributed by atoms with Crippen LogP contribution in [0.2, 0.25) is 0 Å². The van der Waals surface area contributed by atoms with E-state index in [1.165, 1.54) is 0 Å². The average Bonchev–Trinajstić information content (AvgIpc) is 2.82. The molecule has 3 aromatic rings. The summed E-state index contributed by atoms with van der Waals surface area (Å²) in [5.41, 5.74) is 1.24. The van der Waals surface area contributed by atoms with Gasteiger partial charge in [-0.25, -0.2) is 18.7 Å². The van der Waals surface area contributed by atoms with Crippen LogP contribution in [0.25, 0.3) is 11.4 Å². The molecule has 1 aliphatic rings. The van der Waals surface area contributed by atoms with Crippen LogP contribution in [0, 0.1) is 18.6 Å². The minimum Gasteiger partial charge on any atom is -0.382 e. The van der Waals surface area contributed by atoms with E-state index in [4.69, 9.17) is 0 Å². The molecule has 36 heavy (non-hydrogen) atoms. The zero-order valence-corrected chi connectivity index (χ0v) is 21.0. The van der Waals surface area contributed by atoms with Crippen LogP contribution in [-0.4, -0.2) is 65.9 Å². The molecule has 4 rings (SSSR count). The minimum atomic E-state index is -1.21. The maximum Gasteiger partial charge on any atom is 0.254 e. The Kier molecular flexibility index (Phi) is 7.10. The van der Waals surface area contributed by atoms with E-state index >= 15 is 0 Å². The van der Waals surface area contributed by atoms with Crippen molar-refractivity contribution in [3.8, 4) is 11.4 Å². The van der Waals surface area contributed by atoms with Crippen molar-refractivity contribution in [2.24, 2.45) is 0 Å². The second-order valence-corrected chi connectivity index (χ2v) is 9.88. The van der Waals surface area contributed by atoms with Crippen LogP contribution in [0.4, 0.5) is 8.78 Å². The number of aliphatic hydroxyl groups is 1. The van der Waals surface area contributed by atoms with Crippen LogP contribution in [-0.2, 0) is 12.1 Å². The van der Waals surface area contributed by atoms with Gasteiger partial charge in [0.15, 0.2) is 5.82 Å².